The maximum atomic E-state index is 12.4. The molecule has 2 aromatic carbocycles. The van der Waals surface area contributed by atoms with Crippen LogP contribution in [-0.4, -0.2) is 17.0 Å². The molecule has 0 bridgehead atoms. The third-order valence-electron chi connectivity index (χ3n) is 4.22. The zero-order chi connectivity index (χ0) is 18.5. The number of hydrogen-bond acceptors (Lipinski definition) is 3. The Morgan fingerprint density at radius 1 is 1.08 bits per heavy atom. The monoisotopic (exact) mass is 347 g/mol. The molecular weight excluding hydrogens is 326 g/mol. The Labute approximate surface area is 152 Å². The molecule has 132 valence electrons. The van der Waals surface area contributed by atoms with Gasteiger partial charge in [0.1, 0.15) is 0 Å². The highest BCUT2D eigenvalue weighted by molar-refractivity contribution is 6.04. The molecule has 3 N–H and O–H groups in total. The number of pyridine rings is 1. The van der Waals surface area contributed by atoms with E-state index < -0.39 is 0 Å². The van der Waals surface area contributed by atoms with E-state index >= 15 is 0 Å². The van der Waals surface area contributed by atoms with Crippen molar-refractivity contribution in [2.45, 2.75) is 6.42 Å². The van der Waals surface area contributed by atoms with Crippen LogP contribution in [-0.2, 0) is 13.5 Å². The number of aromatic nitrogens is 1. The molecule has 26 heavy (non-hydrogen) atoms. The van der Waals surface area contributed by atoms with Crippen LogP contribution in [0.1, 0.15) is 15.9 Å². The Balaban J connectivity index is 1.87. The second kappa shape index (κ2) is 7.80. The van der Waals surface area contributed by atoms with Crippen LogP contribution in [0, 0.1) is 0 Å². The van der Waals surface area contributed by atoms with Crippen LogP contribution in [0.4, 0.5) is 5.69 Å². The van der Waals surface area contributed by atoms with Crippen LogP contribution < -0.4 is 16.6 Å². The second-order valence-corrected chi connectivity index (χ2v) is 6.10. The number of benzene rings is 2. The molecule has 0 fully saturated rings. The maximum absolute atomic E-state index is 12.4. The Kier molecular flexibility index (Phi) is 5.29. The maximum Gasteiger partial charge on any atom is 0.255 e. The molecule has 1 amide bonds. The number of amides is 1. The highest BCUT2D eigenvalue weighted by Gasteiger charge is 2.10. The molecule has 0 atom stereocenters. The van der Waals surface area contributed by atoms with Gasteiger partial charge in [0.05, 0.1) is 0 Å². The Morgan fingerprint density at radius 3 is 2.42 bits per heavy atom. The number of carbonyl (C=O) groups excluding carboxylic acids is 1. The van der Waals surface area contributed by atoms with Gasteiger partial charge in [-0.25, -0.2) is 0 Å². The number of carbonyl (C=O) groups is 1. The molecule has 0 aliphatic carbocycles. The number of aryl methyl sites for hydroxylation is 1. The van der Waals surface area contributed by atoms with Crippen molar-refractivity contribution < 1.29 is 4.79 Å². The molecule has 0 aliphatic rings. The number of nitrogens with zero attached hydrogens (tertiary/aromatic N) is 1. The Morgan fingerprint density at radius 2 is 1.77 bits per heavy atom. The lowest BCUT2D eigenvalue weighted by Crippen LogP contribution is -2.18. The SMILES string of the molecule is Cn1cc(-c2ccc(C(=O)Nc3ccccc3)cc2)c(CCN)cc1=O. The van der Waals surface area contributed by atoms with Gasteiger partial charge in [0.25, 0.3) is 11.5 Å². The summed E-state index contributed by atoms with van der Waals surface area (Å²) in [6, 6.07) is 18.3. The predicted molar refractivity (Wildman–Crippen MR) is 104 cm³/mol. The van der Waals surface area contributed by atoms with Gasteiger partial charge in [-0.05, 0) is 48.4 Å². The Bertz CT molecular complexity index is 961. The van der Waals surface area contributed by atoms with Gasteiger partial charge in [0, 0.05) is 36.1 Å². The molecule has 0 saturated heterocycles. The zero-order valence-corrected chi connectivity index (χ0v) is 14.6. The van der Waals surface area contributed by atoms with Crippen LogP contribution in [0.3, 0.4) is 0 Å². The number of para-hydroxylation sites is 1. The summed E-state index contributed by atoms with van der Waals surface area (Å²) in [5, 5.41) is 2.86. The summed E-state index contributed by atoms with van der Waals surface area (Å²) in [5.74, 6) is -0.162. The first kappa shape index (κ1) is 17.6. The first-order valence-corrected chi connectivity index (χ1v) is 8.45. The smallest absolute Gasteiger partial charge is 0.255 e. The van der Waals surface area contributed by atoms with Crippen molar-refractivity contribution in [3.8, 4) is 11.1 Å². The summed E-state index contributed by atoms with van der Waals surface area (Å²) in [4.78, 5) is 24.2. The number of anilines is 1. The molecule has 5 heteroatoms. The summed E-state index contributed by atoms with van der Waals surface area (Å²) in [6.07, 6.45) is 2.44. The van der Waals surface area contributed by atoms with E-state index in [1.54, 1.807) is 29.8 Å². The third-order valence-corrected chi connectivity index (χ3v) is 4.22. The van der Waals surface area contributed by atoms with Gasteiger partial charge in [-0.15, -0.1) is 0 Å². The van der Waals surface area contributed by atoms with E-state index in [1.165, 1.54) is 0 Å². The van der Waals surface area contributed by atoms with Crippen molar-refractivity contribution >= 4 is 11.6 Å². The lowest BCUT2D eigenvalue weighted by atomic mass is 9.98. The van der Waals surface area contributed by atoms with Gasteiger partial charge in [-0.3, -0.25) is 9.59 Å². The number of nitrogens with one attached hydrogen (secondary N) is 1. The minimum absolute atomic E-state index is 0.0592. The fraction of sp³-hybridized carbons (Fsp3) is 0.143. The molecule has 0 saturated carbocycles. The van der Waals surface area contributed by atoms with E-state index in [-0.39, 0.29) is 11.5 Å². The standard InChI is InChI=1S/C21H21N3O2/c1-24-14-19(17(11-12-22)13-20(24)25)15-7-9-16(10-8-15)21(26)23-18-5-3-2-4-6-18/h2-10,13-14H,11-12,22H2,1H3,(H,23,26). The first-order valence-electron chi connectivity index (χ1n) is 8.45. The molecule has 5 nitrogen and oxygen atoms in total. The van der Waals surface area contributed by atoms with E-state index in [4.69, 9.17) is 5.73 Å². The normalized spacial score (nSPS) is 10.5. The van der Waals surface area contributed by atoms with Crippen LogP contribution in [0.2, 0.25) is 0 Å². The van der Waals surface area contributed by atoms with E-state index in [0.717, 1.165) is 22.4 Å². The highest BCUT2D eigenvalue weighted by Crippen LogP contribution is 2.23. The summed E-state index contributed by atoms with van der Waals surface area (Å²) in [5.41, 5.74) is 9.75. The molecule has 3 rings (SSSR count). The summed E-state index contributed by atoms with van der Waals surface area (Å²) < 4.78 is 1.55. The lowest BCUT2D eigenvalue weighted by Gasteiger charge is -2.12. The van der Waals surface area contributed by atoms with Crippen LogP contribution in [0.5, 0.6) is 0 Å². The highest BCUT2D eigenvalue weighted by atomic mass is 16.1. The quantitative estimate of drug-likeness (QED) is 0.745. The number of nitrogens with two attached hydrogens (primary N) is 1. The molecule has 0 aliphatic heterocycles. The average Bonchev–Trinajstić information content (AvgIpc) is 2.66. The zero-order valence-electron chi connectivity index (χ0n) is 14.6. The molecule has 0 radical (unpaired) electrons. The largest absolute Gasteiger partial charge is 0.330 e. The van der Waals surface area contributed by atoms with Crippen LogP contribution in [0.15, 0.2) is 71.7 Å². The van der Waals surface area contributed by atoms with Gasteiger partial charge in [-0.1, -0.05) is 30.3 Å². The van der Waals surface area contributed by atoms with E-state index in [1.807, 2.05) is 48.7 Å². The minimum atomic E-state index is -0.162. The molecule has 0 spiro atoms. The summed E-state index contributed by atoms with van der Waals surface area (Å²) >= 11 is 0. The average molecular weight is 347 g/mol. The van der Waals surface area contributed by atoms with Crippen molar-refractivity contribution in [2.24, 2.45) is 12.8 Å². The summed E-state index contributed by atoms with van der Waals surface area (Å²) in [7, 11) is 1.72. The molecule has 0 unspecified atom stereocenters. The van der Waals surface area contributed by atoms with E-state index in [0.29, 0.717) is 18.5 Å². The van der Waals surface area contributed by atoms with Crippen molar-refractivity contribution in [2.75, 3.05) is 11.9 Å². The molecular formula is C21H21N3O2. The van der Waals surface area contributed by atoms with Gasteiger partial charge in [-0.2, -0.15) is 0 Å². The molecule has 1 aromatic heterocycles. The van der Waals surface area contributed by atoms with Gasteiger partial charge in [0.15, 0.2) is 0 Å². The van der Waals surface area contributed by atoms with Crippen molar-refractivity contribution in [1.29, 1.82) is 0 Å². The predicted octanol–water partition coefficient (Wildman–Crippen LogP) is 2.81. The lowest BCUT2D eigenvalue weighted by molar-refractivity contribution is 0.102. The van der Waals surface area contributed by atoms with Crippen LogP contribution >= 0.6 is 0 Å². The topological polar surface area (TPSA) is 77.1 Å². The Hall–Kier alpha value is -3.18. The third kappa shape index (κ3) is 3.90. The van der Waals surface area contributed by atoms with Gasteiger partial charge in [0.2, 0.25) is 0 Å². The van der Waals surface area contributed by atoms with Crippen molar-refractivity contribution in [1.82, 2.24) is 4.57 Å². The summed E-state index contributed by atoms with van der Waals surface area (Å²) in [6.45, 7) is 0.470. The van der Waals surface area contributed by atoms with Crippen LogP contribution in [0.25, 0.3) is 11.1 Å². The van der Waals surface area contributed by atoms with E-state index in [2.05, 4.69) is 5.32 Å². The fourth-order valence-corrected chi connectivity index (χ4v) is 2.82. The fourth-order valence-electron chi connectivity index (χ4n) is 2.82. The second-order valence-electron chi connectivity index (χ2n) is 6.10. The first-order chi connectivity index (χ1) is 12.6. The van der Waals surface area contributed by atoms with Crippen molar-refractivity contribution in [3.63, 3.8) is 0 Å². The number of hydrogen-bond donors (Lipinski definition) is 2. The molecule has 1 heterocycles. The van der Waals surface area contributed by atoms with Gasteiger partial charge < -0.3 is 15.6 Å². The van der Waals surface area contributed by atoms with Crippen molar-refractivity contribution in [3.05, 3.63) is 88.3 Å². The van der Waals surface area contributed by atoms with Gasteiger partial charge >= 0.3 is 0 Å². The minimum Gasteiger partial charge on any atom is -0.330 e. The molecule has 3 aromatic rings. The van der Waals surface area contributed by atoms with E-state index in [9.17, 15) is 9.59 Å². The number of rotatable bonds is 5.